The Morgan fingerprint density at radius 3 is 2.73 bits per heavy atom. The number of carbonyl (C=O) groups excluding carboxylic acids is 1. The quantitative estimate of drug-likeness (QED) is 0.606. The Morgan fingerprint density at radius 2 is 2.03 bits per heavy atom. The van der Waals surface area contributed by atoms with Gasteiger partial charge in [-0.1, -0.05) is 24.8 Å². The van der Waals surface area contributed by atoms with Crippen LogP contribution in [0.15, 0.2) is 36.9 Å². The van der Waals surface area contributed by atoms with Crippen molar-refractivity contribution in [2.45, 2.75) is 37.5 Å². The predicted molar refractivity (Wildman–Crippen MR) is 105 cm³/mol. The maximum Gasteiger partial charge on any atom is 0.416 e. The average molecular weight is 418 g/mol. The average Bonchev–Trinajstić information content (AvgIpc) is 3.30. The lowest BCUT2D eigenvalue weighted by Gasteiger charge is -2.18. The Kier molecular flexibility index (Phi) is 5.22. The number of hydrogen-bond acceptors (Lipinski definition) is 4. The second-order valence-corrected chi connectivity index (χ2v) is 7.43. The minimum absolute atomic E-state index is 0.0651. The summed E-state index contributed by atoms with van der Waals surface area (Å²) in [6, 6.07) is 8.03. The van der Waals surface area contributed by atoms with Gasteiger partial charge in [0, 0.05) is 17.5 Å². The van der Waals surface area contributed by atoms with Crippen molar-refractivity contribution in [2.75, 3.05) is 13.7 Å². The Balaban J connectivity index is 1.55. The third-order valence-corrected chi connectivity index (χ3v) is 5.69. The fourth-order valence-corrected chi connectivity index (χ4v) is 4.24. The predicted octanol–water partition coefficient (Wildman–Crippen LogP) is 5.45. The molecule has 0 N–H and O–H groups in total. The molecule has 1 heterocycles. The molecule has 0 fully saturated rings. The smallest absolute Gasteiger partial charge is 0.416 e. The van der Waals surface area contributed by atoms with Crippen LogP contribution in [0, 0.1) is 0 Å². The lowest BCUT2D eigenvalue weighted by molar-refractivity contribution is -0.141. The molecule has 4 nitrogen and oxygen atoms in total. The van der Waals surface area contributed by atoms with Crippen LogP contribution in [0.4, 0.5) is 13.2 Å². The molecule has 2 aromatic rings. The van der Waals surface area contributed by atoms with Crippen molar-refractivity contribution in [3.05, 3.63) is 64.7 Å². The Morgan fingerprint density at radius 1 is 1.27 bits per heavy atom. The van der Waals surface area contributed by atoms with Gasteiger partial charge in [-0.2, -0.15) is 13.2 Å². The fraction of sp³-hybridized carbons (Fsp3) is 0.348. The van der Waals surface area contributed by atoms with Gasteiger partial charge in [0.05, 0.1) is 25.7 Å². The minimum Gasteiger partial charge on any atom is -0.492 e. The van der Waals surface area contributed by atoms with Crippen LogP contribution in [0.5, 0.6) is 11.5 Å². The highest BCUT2D eigenvalue weighted by Gasteiger charge is 2.37. The van der Waals surface area contributed by atoms with Crippen molar-refractivity contribution < 1.29 is 32.2 Å². The SMILES string of the molecule is C=Cc1c(C(F)(F)F)ccc2c1CCC2Oc1ccc2c(c1)OCC2CC(=O)OC. The van der Waals surface area contributed by atoms with Gasteiger partial charge in [-0.05, 0) is 41.7 Å². The molecule has 2 aliphatic rings. The molecule has 158 valence electrons. The maximum absolute atomic E-state index is 13.3. The summed E-state index contributed by atoms with van der Waals surface area (Å²) in [7, 11) is 1.35. The van der Waals surface area contributed by atoms with Crippen molar-refractivity contribution in [3.63, 3.8) is 0 Å². The van der Waals surface area contributed by atoms with Crippen LogP contribution in [0.25, 0.3) is 6.08 Å². The molecule has 2 aromatic carbocycles. The number of rotatable bonds is 5. The molecule has 0 saturated carbocycles. The van der Waals surface area contributed by atoms with E-state index in [9.17, 15) is 18.0 Å². The summed E-state index contributed by atoms with van der Waals surface area (Å²) >= 11 is 0. The molecule has 0 bridgehead atoms. The van der Waals surface area contributed by atoms with Gasteiger partial charge < -0.3 is 14.2 Å². The summed E-state index contributed by atoms with van der Waals surface area (Å²) in [6.07, 6.45) is -2.17. The first-order chi connectivity index (χ1) is 14.3. The molecule has 4 rings (SSSR count). The molecule has 7 heteroatoms. The van der Waals surface area contributed by atoms with Gasteiger partial charge in [0.15, 0.2) is 0 Å². The van der Waals surface area contributed by atoms with Crippen LogP contribution in [-0.4, -0.2) is 19.7 Å². The minimum atomic E-state index is -4.42. The first kappa shape index (κ1) is 20.3. The van der Waals surface area contributed by atoms with Gasteiger partial charge in [-0.15, -0.1) is 0 Å². The topological polar surface area (TPSA) is 44.8 Å². The van der Waals surface area contributed by atoms with Crippen molar-refractivity contribution >= 4 is 12.0 Å². The van der Waals surface area contributed by atoms with Crippen LogP contribution in [0.2, 0.25) is 0 Å². The molecule has 0 saturated heterocycles. The molecule has 1 aliphatic carbocycles. The standard InChI is InChI=1S/C23H21F3O4/c1-3-15-17-7-9-20(18(17)6-8-19(15)23(24,25)26)30-14-4-5-16-13(10-22(27)28-2)12-29-21(16)11-14/h3-6,8,11,13,20H,1,7,9-10,12H2,2H3. The highest BCUT2D eigenvalue weighted by molar-refractivity contribution is 5.71. The normalized spacial score (nSPS) is 19.6. The van der Waals surface area contributed by atoms with Gasteiger partial charge >= 0.3 is 12.1 Å². The molecular formula is C23H21F3O4. The van der Waals surface area contributed by atoms with Crippen LogP contribution < -0.4 is 9.47 Å². The molecule has 30 heavy (non-hydrogen) atoms. The molecule has 0 radical (unpaired) electrons. The number of esters is 1. The molecule has 0 amide bonds. The zero-order valence-corrected chi connectivity index (χ0v) is 16.4. The van der Waals surface area contributed by atoms with E-state index < -0.39 is 11.7 Å². The Labute approximate surface area is 172 Å². The monoisotopic (exact) mass is 418 g/mol. The molecule has 0 spiro atoms. The van der Waals surface area contributed by atoms with E-state index in [0.717, 1.165) is 17.2 Å². The van der Waals surface area contributed by atoms with Crippen molar-refractivity contribution in [1.82, 2.24) is 0 Å². The molecular weight excluding hydrogens is 397 g/mol. The number of methoxy groups -OCH3 is 1. The molecule has 1 aliphatic heterocycles. The van der Waals surface area contributed by atoms with Crippen molar-refractivity contribution in [3.8, 4) is 11.5 Å². The van der Waals surface area contributed by atoms with Gasteiger partial charge in [-0.25, -0.2) is 0 Å². The second-order valence-electron chi connectivity index (χ2n) is 7.43. The summed E-state index contributed by atoms with van der Waals surface area (Å²) in [6.45, 7) is 3.97. The first-order valence-corrected chi connectivity index (χ1v) is 9.67. The second kappa shape index (κ2) is 7.70. The summed E-state index contributed by atoms with van der Waals surface area (Å²) in [5.74, 6) is 0.865. The largest absolute Gasteiger partial charge is 0.492 e. The van der Waals surface area contributed by atoms with E-state index >= 15 is 0 Å². The summed E-state index contributed by atoms with van der Waals surface area (Å²) in [5.41, 5.74) is 1.78. The number of benzene rings is 2. The Bertz CT molecular complexity index is 997. The number of halogens is 3. The molecule has 2 unspecified atom stereocenters. The molecule has 2 atom stereocenters. The zero-order chi connectivity index (χ0) is 21.5. The fourth-order valence-electron chi connectivity index (χ4n) is 4.24. The number of alkyl halides is 3. The van der Waals surface area contributed by atoms with Gasteiger partial charge in [0.25, 0.3) is 0 Å². The van der Waals surface area contributed by atoms with E-state index in [-0.39, 0.29) is 30.0 Å². The van der Waals surface area contributed by atoms with E-state index in [1.54, 1.807) is 12.1 Å². The van der Waals surface area contributed by atoms with Crippen molar-refractivity contribution in [1.29, 1.82) is 0 Å². The highest BCUT2D eigenvalue weighted by Crippen LogP contribution is 2.44. The lowest BCUT2D eigenvalue weighted by atomic mass is 9.96. The zero-order valence-electron chi connectivity index (χ0n) is 16.4. The number of ether oxygens (including phenoxy) is 3. The summed E-state index contributed by atoms with van der Waals surface area (Å²) < 4.78 is 56.4. The lowest BCUT2D eigenvalue weighted by Crippen LogP contribution is -2.10. The number of fused-ring (bicyclic) bond motifs is 2. The number of hydrogen-bond donors (Lipinski definition) is 0. The van der Waals surface area contributed by atoms with Crippen molar-refractivity contribution in [2.24, 2.45) is 0 Å². The first-order valence-electron chi connectivity index (χ1n) is 9.67. The van der Waals surface area contributed by atoms with Crippen LogP contribution in [-0.2, 0) is 22.1 Å². The third kappa shape index (κ3) is 3.64. The van der Waals surface area contributed by atoms with Crippen LogP contribution >= 0.6 is 0 Å². The summed E-state index contributed by atoms with van der Waals surface area (Å²) in [5, 5.41) is 0. The van der Waals surface area contributed by atoms with Crippen LogP contribution in [0.1, 0.15) is 52.7 Å². The maximum atomic E-state index is 13.3. The van der Waals surface area contributed by atoms with Gasteiger partial charge in [-0.3, -0.25) is 4.79 Å². The Hall–Kier alpha value is -2.96. The van der Waals surface area contributed by atoms with E-state index in [1.807, 2.05) is 6.07 Å². The molecule has 0 aromatic heterocycles. The van der Waals surface area contributed by atoms with E-state index in [0.29, 0.717) is 36.5 Å². The van der Waals surface area contributed by atoms with E-state index in [4.69, 9.17) is 14.2 Å². The van der Waals surface area contributed by atoms with E-state index in [2.05, 4.69) is 6.58 Å². The third-order valence-electron chi connectivity index (χ3n) is 5.69. The highest BCUT2D eigenvalue weighted by atomic mass is 19.4. The summed E-state index contributed by atoms with van der Waals surface area (Å²) in [4.78, 5) is 11.5. The van der Waals surface area contributed by atoms with E-state index in [1.165, 1.54) is 19.3 Å². The van der Waals surface area contributed by atoms with Gasteiger partial charge in [0.2, 0.25) is 0 Å². The number of carbonyl (C=O) groups is 1. The van der Waals surface area contributed by atoms with Gasteiger partial charge in [0.1, 0.15) is 17.6 Å². The van der Waals surface area contributed by atoms with Crippen LogP contribution in [0.3, 0.4) is 0 Å².